The van der Waals surface area contributed by atoms with E-state index in [0.717, 1.165) is 83.0 Å². The zero-order valence-electron chi connectivity index (χ0n) is 27.4. The molecule has 5 heteroatoms. The Morgan fingerprint density at radius 1 is 0.373 bits per heavy atom. The van der Waals surface area contributed by atoms with Gasteiger partial charge in [-0.05, 0) is 54.6 Å². The first-order chi connectivity index (χ1) is 25.3. The zero-order valence-corrected chi connectivity index (χ0v) is 27.4. The third-order valence-electron chi connectivity index (χ3n) is 10.1. The van der Waals surface area contributed by atoms with Crippen molar-refractivity contribution in [3.63, 3.8) is 0 Å². The van der Waals surface area contributed by atoms with Crippen molar-refractivity contribution >= 4 is 65.6 Å². The van der Waals surface area contributed by atoms with Crippen molar-refractivity contribution in [2.24, 2.45) is 0 Å². The third kappa shape index (κ3) is 4.15. The lowest BCUT2D eigenvalue weighted by atomic mass is 10.0. The average molecular weight is 653 g/mol. The molecule has 0 fully saturated rings. The maximum atomic E-state index is 6.51. The SMILES string of the molecule is c1ccc(-c2cc(-c3ccccc3)nc(-n3c4cc5c(cc4c4c6c7ccccc7n(-c7ccccc7)c6ccc43)oc3ccccc35)n2)cc1. The van der Waals surface area contributed by atoms with E-state index < -0.39 is 0 Å². The summed E-state index contributed by atoms with van der Waals surface area (Å²) in [6, 6.07) is 59.3. The molecule has 0 aliphatic carbocycles. The average Bonchev–Trinajstić information content (AvgIpc) is 3.85. The first-order valence-corrected chi connectivity index (χ1v) is 17.2. The van der Waals surface area contributed by atoms with Crippen LogP contribution in [-0.4, -0.2) is 19.1 Å². The van der Waals surface area contributed by atoms with Gasteiger partial charge in [0.15, 0.2) is 0 Å². The van der Waals surface area contributed by atoms with Crippen molar-refractivity contribution < 1.29 is 4.42 Å². The van der Waals surface area contributed by atoms with Crippen LogP contribution >= 0.6 is 0 Å². The fraction of sp³-hybridized carbons (Fsp3) is 0. The minimum absolute atomic E-state index is 0.619. The molecule has 0 amide bonds. The summed E-state index contributed by atoms with van der Waals surface area (Å²) < 4.78 is 11.1. The Bertz CT molecular complexity index is 3060. The number of aromatic nitrogens is 4. The van der Waals surface area contributed by atoms with Gasteiger partial charge in [-0.15, -0.1) is 0 Å². The highest BCUT2D eigenvalue weighted by Gasteiger charge is 2.23. The number of hydrogen-bond acceptors (Lipinski definition) is 3. The molecule has 0 N–H and O–H groups in total. The van der Waals surface area contributed by atoms with Crippen molar-refractivity contribution in [3.8, 4) is 34.2 Å². The Labute approximate surface area is 292 Å². The lowest BCUT2D eigenvalue weighted by Gasteiger charge is -2.12. The monoisotopic (exact) mass is 652 g/mol. The van der Waals surface area contributed by atoms with Gasteiger partial charge in [-0.1, -0.05) is 115 Å². The molecule has 4 heterocycles. The summed E-state index contributed by atoms with van der Waals surface area (Å²) >= 11 is 0. The molecule has 0 aliphatic rings. The topological polar surface area (TPSA) is 48.8 Å². The molecular weight excluding hydrogens is 625 g/mol. The maximum absolute atomic E-state index is 6.51. The molecule has 7 aromatic carbocycles. The fourth-order valence-electron chi connectivity index (χ4n) is 7.90. The predicted octanol–water partition coefficient (Wildman–Crippen LogP) is 11.9. The van der Waals surface area contributed by atoms with Crippen molar-refractivity contribution in [1.82, 2.24) is 19.1 Å². The van der Waals surface area contributed by atoms with Crippen LogP contribution < -0.4 is 0 Å². The number of rotatable bonds is 4. The van der Waals surface area contributed by atoms with E-state index in [1.807, 2.05) is 24.3 Å². The second-order valence-electron chi connectivity index (χ2n) is 13.0. The molecule has 0 bridgehead atoms. The number of furan rings is 1. The fourth-order valence-corrected chi connectivity index (χ4v) is 7.90. The Kier molecular flexibility index (Phi) is 5.89. The van der Waals surface area contributed by atoms with Crippen LogP contribution in [0, 0.1) is 0 Å². The van der Waals surface area contributed by atoms with Crippen LogP contribution in [0.5, 0.6) is 0 Å². The lowest BCUT2D eigenvalue weighted by Crippen LogP contribution is -2.04. The predicted molar refractivity (Wildman–Crippen MR) is 209 cm³/mol. The second kappa shape index (κ2) is 10.8. The molecule has 0 saturated heterocycles. The summed E-state index contributed by atoms with van der Waals surface area (Å²) in [7, 11) is 0. The van der Waals surface area contributed by atoms with E-state index >= 15 is 0 Å². The van der Waals surface area contributed by atoms with Gasteiger partial charge >= 0.3 is 0 Å². The van der Waals surface area contributed by atoms with Gasteiger partial charge in [0.1, 0.15) is 11.2 Å². The van der Waals surface area contributed by atoms with Gasteiger partial charge in [-0.2, -0.15) is 0 Å². The van der Waals surface area contributed by atoms with Crippen LogP contribution in [0.4, 0.5) is 0 Å². The Morgan fingerprint density at radius 2 is 0.941 bits per heavy atom. The van der Waals surface area contributed by atoms with E-state index in [0.29, 0.717) is 5.95 Å². The van der Waals surface area contributed by atoms with E-state index in [1.54, 1.807) is 0 Å². The minimum Gasteiger partial charge on any atom is -0.456 e. The molecule has 0 unspecified atom stereocenters. The summed E-state index contributed by atoms with van der Waals surface area (Å²) in [4.78, 5) is 10.6. The number of hydrogen-bond donors (Lipinski definition) is 0. The van der Waals surface area contributed by atoms with Gasteiger partial charge in [0, 0.05) is 49.1 Å². The number of para-hydroxylation sites is 3. The first-order valence-electron chi connectivity index (χ1n) is 17.2. The van der Waals surface area contributed by atoms with Crippen molar-refractivity contribution in [2.75, 3.05) is 0 Å². The molecule has 0 atom stereocenters. The van der Waals surface area contributed by atoms with Crippen molar-refractivity contribution in [2.45, 2.75) is 0 Å². The Balaban J connectivity index is 1.33. The molecule has 0 saturated carbocycles. The van der Waals surface area contributed by atoms with Crippen LogP contribution in [0.15, 0.2) is 174 Å². The smallest absolute Gasteiger partial charge is 0.235 e. The number of nitrogens with zero attached hydrogens (tertiary/aromatic N) is 4. The quantitative estimate of drug-likeness (QED) is 0.190. The van der Waals surface area contributed by atoms with E-state index in [1.165, 1.54) is 10.8 Å². The molecule has 4 aromatic heterocycles. The zero-order chi connectivity index (χ0) is 33.5. The van der Waals surface area contributed by atoms with Crippen LogP contribution in [-0.2, 0) is 0 Å². The second-order valence-corrected chi connectivity index (χ2v) is 13.0. The van der Waals surface area contributed by atoms with Gasteiger partial charge in [0.2, 0.25) is 5.95 Å². The minimum atomic E-state index is 0.619. The molecule has 11 aromatic rings. The molecular formula is C46H28N4O. The summed E-state index contributed by atoms with van der Waals surface area (Å²) in [5.41, 5.74) is 11.0. The van der Waals surface area contributed by atoms with Crippen LogP contribution in [0.1, 0.15) is 0 Å². The summed E-state index contributed by atoms with van der Waals surface area (Å²) in [5.74, 6) is 0.619. The molecule has 51 heavy (non-hydrogen) atoms. The lowest BCUT2D eigenvalue weighted by molar-refractivity contribution is 0.669. The highest BCUT2D eigenvalue weighted by molar-refractivity contribution is 6.30. The van der Waals surface area contributed by atoms with Gasteiger partial charge in [-0.3, -0.25) is 4.57 Å². The summed E-state index contributed by atoms with van der Waals surface area (Å²) in [6.45, 7) is 0. The molecule has 11 rings (SSSR count). The Hall–Kier alpha value is -6.98. The molecule has 238 valence electrons. The molecule has 0 radical (unpaired) electrons. The van der Waals surface area contributed by atoms with E-state index in [-0.39, 0.29) is 0 Å². The highest BCUT2D eigenvalue weighted by Crippen LogP contribution is 2.44. The summed E-state index contributed by atoms with van der Waals surface area (Å²) in [5, 5.41) is 6.76. The molecule has 0 aliphatic heterocycles. The first kappa shape index (κ1) is 27.9. The van der Waals surface area contributed by atoms with E-state index in [2.05, 4.69) is 155 Å². The number of fused-ring (bicyclic) bond motifs is 10. The van der Waals surface area contributed by atoms with Gasteiger partial charge < -0.3 is 8.98 Å². The third-order valence-corrected chi connectivity index (χ3v) is 10.1. The van der Waals surface area contributed by atoms with Crippen LogP contribution in [0.25, 0.3) is 99.7 Å². The van der Waals surface area contributed by atoms with Crippen LogP contribution in [0.2, 0.25) is 0 Å². The van der Waals surface area contributed by atoms with Crippen LogP contribution in [0.3, 0.4) is 0 Å². The van der Waals surface area contributed by atoms with Gasteiger partial charge in [0.05, 0.1) is 33.5 Å². The molecule has 0 spiro atoms. The van der Waals surface area contributed by atoms with Crippen molar-refractivity contribution in [3.05, 3.63) is 170 Å². The number of benzene rings is 7. The Morgan fingerprint density at radius 3 is 1.65 bits per heavy atom. The van der Waals surface area contributed by atoms with Gasteiger partial charge in [0.25, 0.3) is 0 Å². The van der Waals surface area contributed by atoms with E-state index in [9.17, 15) is 0 Å². The standard InChI is InChI=1S/C46H28N4O/c1-4-14-29(15-5-1)36-28-37(30-16-6-2-7-17-30)48-46(47-36)50-40-25-24-39-44(33-21-10-12-22-38(33)49(39)31-18-8-3-9-19-31)45(40)35-27-43-34(26-41(35)50)32-20-11-13-23-42(32)51-43/h1-28H. The highest BCUT2D eigenvalue weighted by atomic mass is 16.3. The maximum Gasteiger partial charge on any atom is 0.235 e. The van der Waals surface area contributed by atoms with E-state index in [4.69, 9.17) is 14.4 Å². The normalized spacial score (nSPS) is 11.9. The van der Waals surface area contributed by atoms with Crippen molar-refractivity contribution in [1.29, 1.82) is 0 Å². The largest absolute Gasteiger partial charge is 0.456 e. The molecule has 5 nitrogen and oxygen atoms in total. The summed E-state index contributed by atoms with van der Waals surface area (Å²) in [6.07, 6.45) is 0. The van der Waals surface area contributed by atoms with Gasteiger partial charge in [-0.25, -0.2) is 9.97 Å².